The molecule has 36 heavy (non-hydrogen) atoms. The van der Waals surface area contributed by atoms with E-state index in [1.807, 2.05) is 19.1 Å². The smallest absolute Gasteiger partial charge is 0.241 e. The van der Waals surface area contributed by atoms with E-state index in [0.717, 1.165) is 5.57 Å². The van der Waals surface area contributed by atoms with Crippen molar-refractivity contribution >= 4 is 29.3 Å². The Hall–Kier alpha value is -3.94. The third-order valence-corrected chi connectivity index (χ3v) is 8.66. The normalized spacial score (nSPS) is 33.0. The number of rotatable bonds is 3. The highest BCUT2D eigenvalue weighted by Gasteiger charge is 2.67. The van der Waals surface area contributed by atoms with Gasteiger partial charge in [0.05, 0.1) is 36.0 Å². The predicted molar refractivity (Wildman–Crippen MR) is 129 cm³/mol. The van der Waals surface area contributed by atoms with Crippen molar-refractivity contribution in [2.75, 3.05) is 12.0 Å². The van der Waals surface area contributed by atoms with Gasteiger partial charge in [-0.3, -0.25) is 24.5 Å². The lowest BCUT2D eigenvalue weighted by atomic mass is 9.51. The van der Waals surface area contributed by atoms with Crippen LogP contribution in [0.3, 0.4) is 0 Å². The summed E-state index contributed by atoms with van der Waals surface area (Å²) in [6, 6.07) is 13.6. The number of hydrogen-bond acceptors (Lipinski definition) is 6. The van der Waals surface area contributed by atoms with Crippen LogP contribution >= 0.6 is 0 Å². The van der Waals surface area contributed by atoms with Gasteiger partial charge in [-0.25, -0.2) is 4.90 Å². The van der Waals surface area contributed by atoms with Crippen molar-refractivity contribution in [2.24, 2.45) is 29.1 Å². The highest BCUT2D eigenvalue weighted by molar-refractivity contribution is 6.24. The van der Waals surface area contributed by atoms with Crippen LogP contribution in [0.15, 0.2) is 60.2 Å². The number of hydrogen-bond donors (Lipinski definition) is 2. The number of anilines is 1. The summed E-state index contributed by atoms with van der Waals surface area (Å²) >= 11 is 0. The van der Waals surface area contributed by atoms with Crippen LogP contribution in [-0.4, -0.2) is 35.8 Å². The molecule has 8 heteroatoms. The number of nitrogens with zero attached hydrogens (tertiary/aromatic N) is 1. The molecule has 0 spiro atoms. The average Bonchev–Trinajstić information content (AvgIpc) is 3.27. The monoisotopic (exact) mass is 486 g/mol. The summed E-state index contributed by atoms with van der Waals surface area (Å²) in [5.74, 6) is -3.51. The number of nitrogens with one attached hydrogen (secondary N) is 1. The molecule has 0 bridgehead atoms. The van der Waals surface area contributed by atoms with Crippen LogP contribution in [0.5, 0.6) is 11.5 Å². The number of allylic oxidation sites excluding steroid dienone is 2. The van der Waals surface area contributed by atoms with Crippen molar-refractivity contribution in [3.63, 3.8) is 0 Å². The molecule has 2 aliphatic heterocycles. The number of phenolic OH excluding ortho intramolecular Hbond substituents is 1. The van der Waals surface area contributed by atoms with E-state index in [2.05, 4.69) is 5.32 Å². The van der Waals surface area contributed by atoms with Crippen molar-refractivity contribution in [2.45, 2.75) is 25.7 Å². The Morgan fingerprint density at radius 1 is 1.03 bits per heavy atom. The molecule has 2 N–H and O–H groups in total. The fraction of sp³-hybridized carbons (Fsp3) is 0.357. The molecule has 0 radical (unpaired) electrons. The first kappa shape index (κ1) is 22.5. The quantitative estimate of drug-likeness (QED) is 0.510. The molecular weight excluding hydrogens is 460 g/mol. The number of amides is 4. The average molecular weight is 487 g/mol. The molecule has 2 saturated heterocycles. The molecule has 0 aromatic heterocycles. The molecule has 4 amide bonds. The van der Waals surface area contributed by atoms with Gasteiger partial charge < -0.3 is 9.84 Å². The van der Waals surface area contributed by atoms with E-state index in [1.54, 1.807) is 30.3 Å². The highest BCUT2D eigenvalue weighted by atomic mass is 16.5. The largest absolute Gasteiger partial charge is 0.508 e. The van der Waals surface area contributed by atoms with Crippen molar-refractivity contribution < 1.29 is 29.0 Å². The minimum absolute atomic E-state index is 0.0165. The van der Waals surface area contributed by atoms with E-state index >= 15 is 0 Å². The van der Waals surface area contributed by atoms with Crippen molar-refractivity contribution in [1.82, 2.24) is 5.32 Å². The number of ether oxygens (including phenoxy) is 1. The Bertz CT molecular complexity index is 1350. The maximum Gasteiger partial charge on any atom is 0.241 e. The molecule has 6 rings (SSSR count). The zero-order valence-corrected chi connectivity index (χ0v) is 19.9. The zero-order chi connectivity index (χ0) is 25.4. The summed E-state index contributed by atoms with van der Waals surface area (Å²) in [4.78, 5) is 54.8. The van der Waals surface area contributed by atoms with Gasteiger partial charge in [0.2, 0.25) is 23.6 Å². The number of para-hydroxylation sites is 1. The topological polar surface area (TPSA) is 113 Å². The molecule has 4 aliphatic rings. The third kappa shape index (κ3) is 2.87. The summed E-state index contributed by atoms with van der Waals surface area (Å²) in [7, 11) is 1.49. The second-order valence-corrected chi connectivity index (χ2v) is 10.3. The van der Waals surface area contributed by atoms with Gasteiger partial charge in [-0.2, -0.15) is 0 Å². The summed E-state index contributed by atoms with van der Waals surface area (Å²) < 4.78 is 5.62. The van der Waals surface area contributed by atoms with Gasteiger partial charge >= 0.3 is 0 Å². The van der Waals surface area contributed by atoms with Gasteiger partial charge in [-0.15, -0.1) is 0 Å². The molecule has 0 unspecified atom stereocenters. The molecule has 2 aromatic rings. The van der Waals surface area contributed by atoms with Crippen LogP contribution in [0.1, 0.15) is 31.2 Å². The van der Waals surface area contributed by atoms with Crippen LogP contribution < -0.4 is 15.0 Å². The lowest BCUT2D eigenvalue weighted by Crippen LogP contribution is -2.48. The Morgan fingerprint density at radius 2 is 1.78 bits per heavy atom. The number of fused-ring (bicyclic) bond motifs is 4. The SMILES string of the molecule is COc1cc(O)ccc1[C@H]1C2=CC[C@@H]3C(=O)NC(=O)[C@@H]3[C@@H]2C[C@H]2C(=O)N(c3ccccc3)C(=O)[C@@]12C. The van der Waals surface area contributed by atoms with Gasteiger partial charge in [-0.1, -0.05) is 35.9 Å². The van der Waals surface area contributed by atoms with Crippen LogP contribution in [0, 0.1) is 29.1 Å². The van der Waals surface area contributed by atoms with Gasteiger partial charge in [0.15, 0.2) is 0 Å². The molecule has 2 aliphatic carbocycles. The molecule has 6 atom stereocenters. The Kier molecular flexibility index (Phi) is 4.87. The number of imide groups is 2. The fourth-order valence-corrected chi connectivity index (χ4v) is 7.03. The first-order chi connectivity index (χ1) is 17.3. The summed E-state index contributed by atoms with van der Waals surface area (Å²) in [6.07, 6.45) is 2.66. The number of carbonyl (C=O) groups excluding carboxylic acids is 4. The number of methoxy groups -OCH3 is 1. The number of carbonyl (C=O) groups is 4. The molecule has 1 saturated carbocycles. The molecule has 2 heterocycles. The minimum atomic E-state index is -1.15. The van der Waals surface area contributed by atoms with Crippen molar-refractivity contribution in [3.05, 3.63) is 65.7 Å². The zero-order valence-electron chi connectivity index (χ0n) is 19.9. The van der Waals surface area contributed by atoms with E-state index in [-0.39, 0.29) is 35.3 Å². The first-order valence-electron chi connectivity index (χ1n) is 12.1. The second-order valence-electron chi connectivity index (χ2n) is 10.3. The molecule has 3 fully saturated rings. The van der Waals surface area contributed by atoms with Gasteiger partial charge in [0.25, 0.3) is 0 Å². The van der Waals surface area contributed by atoms with Crippen LogP contribution in [0.2, 0.25) is 0 Å². The number of aromatic hydroxyl groups is 1. The van der Waals surface area contributed by atoms with E-state index < -0.39 is 29.1 Å². The summed E-state index contributed by atoms with van der Waals surface area (Å²) in [5.41, 5.74) is 0.895. The third-order valence-electron chi connectivity index (χ3n) is 8.66. The number of benzene rings is 2. The van der Waals surface area contributed by atoms with E-state index in [0.29, 0.717) is 29.8 Å². The predicted octanol–water partition coefficient (Wildman–Crippen LogP) is 2.92. The van der Waals surface area contributed by atoms with Crippen molar-refractivity contribution in [1.29, 1.82) is 0 Å². The summed E-state index contributed by atoms with van der Waals surface area (Å²) in [6.45, 7) is 1.82. The van der Waals surface area contributed by atoms with Gasteiger partial charge in [0, 0.05) is 17.5 Å². The lowest BCUT2D eigenvalue weighted by Gasteiger charge is -2.49. The van der Waals surface area contributed by atoms with E-state index in [4.69, 9.17) is 4.74 Å². The maximum atomic E-state index is 14.2. The van der Waals surface area contributed by atoms with Crippen LogP contribution in [0.25, 0.3) is 0 Å². The minimum Gasteiger partial charge on any atom is -0.508 e. The lowest BCUT2D eigenvalue weighted by molar-refractivity contribution is -0.131. The second kappa shape index (κ2) is 7.78. The fourth-order valence-electron chi connectivity index (χ4n) is 7.03. The summed E-state index contributed by atoms with van der Waals surface area (Å²) in [5, 5.41) is 12.6. The Morgan fingerprint density at radius 3 is 2.50 bits per heavy atom. The van der Waals surface area contributed by atoms with Crippen LogP contribution in [0.4, 0.5) is 5.69 Å². The molecule has 184 valence electrons. The molecule has 8 nitrogen and oxygen atoms in total. The van der Waals surface area contributed by atoms with Crippen LogP contribution in [-0.2, 0) is 19.2 Å². The standard InChI is InChI=1S/C28H26N2O6/c1-28-20(26(34)30(27(28)35)14-6-4-3-5-7-14)13-19-16(10-11-18-22(19)25(33)29-24(18)32)23(28)17-9-8-15(31)12-21(17)36-2/h3-10,12,18-20,22-23,31H,11,13H2,1-2H3,(H,29,32,33)/t18-,19+,20-,22-,23+,28+/m0/s1. The molecular formula is C28H26N2O6. The first-order valence-corrected chi connectivity index (χ1v) is 12.1. The Labute approximate surface area is 207 Å². The molecule has 2 aromatic carbocycles. The highest BCUT2D eigenvalue weighted by Crippen LogP contribution is 2.64. The van der Waals surface area contributed by atoms with Gasteiger partial charge in [-0.05, 0) is 43.9 Å². The van der Waals surface area contributed by atoms with E-state index in [9.17, 15) is 24.3 Å². The van der Waals surface area contributed by atoms with Crippen molar-refractivity contribution in [3.8, 4) is 11.5 Å². The van der Waals surface area contributed by atoms with E-state index in [1.165, 1.54) is 24.1 Å². The Balaban J connectivity index is 1.57. The van der Waals surface area contributed by atoms with Gasteiger partial charge in [0.1, 0.15) is 11.5 Å². The maximum absolute atomic E-state index is 14.2. The number of phenols is 1.